The van der Waals surface area contributed by atoms with Gasteiger partial charge in [0.05, 0.1) is 5.92 Å². The third kappa shape index (κ3) is 2.40. The predicted molar refractivity (Wildman–Crippen MR) is 73.1 cm³/mol. The molecule has 3 rings (SSSR count). The minimum Gasteiger partial charge on any atom is -0.339 e. The summed E-state index contributed by atoms with van der Waals surface area (Å²) in [6, 6.07) is 8.94. The van der Waals surface area contributed by atoms with Crippen molar-refractivity contribution in [3.8, 4) is 0 Å². The molecule has 4 heteroatoms. The number of fused-ring (bicyclic) bond motifs is 1. The molecule has 0 fully saturated rings. The molecule has 1 N–H and O–H groups in total. The molecule has 1 aromatic carbocycles. The second-order valence-electron chi connectivity index (χ2n) is 5.23. The molecule has 0 saturated carbocycles. The molecule has 100 valence electrons. The molecule has 2 atom stereocenters. The molecular weight excluding hydrogens is 238 g/mol. The van der Waals surface area contributed by atoms with Crippen LogP contribution in [-0.2, 0) is 12.8 Å². The van der Waals surface area contributed by atoms with Gasteiger partial charge in [-0.25, -0.2) is 0 Å². The lowest BCUT2D eigenvalue weighted by atomic mass is 9.77. The summed E-state index contributed by atoms with van der Waals surface area (Å²) >= 11 is 0. The maximum atomic E-state index is 5.34. The molecule has 0 spiro atoms. The van der Waals surface area contributed by atoms with Gasteiger partial charge < -0.3 is 9.84 Å². The average Bonchev–Trinajstić information content (AvgIpc) is 2.86. The minimum atomic E-state index is 0.329. The summed E-state index contributed by atoms with van der Waals surface area (Å²) < 4.78 is 5.34. The third-order valence-corrected chi connectivity index (χ3v) is 3.93. The zero-order valence-corrected chi connectivity index (χ0v) is 11.4. The number of aryl methyl sites for hydroxylation is 1. The molecule has 19 heavy (non-hydrogen) atoms. The maximum Gasteiger partial charge on any atom is 0.226 e. The van der Waals surface area contributed by atoms with Crippen LogP contribution in [0.15, 0.2) is 28.8 Å². The van der Waals surface area contributed by atoms with Crippen molar-refractivity contribution in [2.75, 3.05) is 7.05 Å². The highest BCUT2D eigenvalue weighted by Crippen LogP contribution is 2.38. The summed E-state index contributed by atoms with van der Waals surface area (Å²) in [5.41, 5.74) is 2.75. The van der Waals surface area contributed by atoms with E-state index in [4.69, 9.17) is 4.52 Å². The predicted octanol–water partition coefficient (Wildman–Crippen LogP) is 2.30. The second kappa shape index (κ2) is 5.13. The number of aromatic nitrogens is 2. The number of nitrogens with one attached hydrogen (secondary N) is 1. The maximum absolute atomic E-state index is 5.34. The number of benzene rings is 1. The zero-order chi connectivity index (χ0) is 13.2. The third-order valence-electron chi connectivity index (χ3n) is 3.93. The van der Waals surface area contributed by atoms with Gasteiger partial charge in [-0.3, -0.25) is 0 Å². The van der Waals surface area contributed by atoms with Gasteiger partial charge in [-0.15, -0.1) is 0 Å². The smallest absolute Gasteiger partial charge is 0.226 e. The van der Waals surface area contributed by atoms with E-state index in [1.165, 1.54) is 11.1 Å². The fourth-order valence-corrected chi connectivity index (χ4v) is 2.48. The van der Waals surface area contributed by atoms with Crippen molar-refractivity contribution < 1.29 is 4.52 Å². The molecule has 1 aromatic heterocycles. The van der Waals surface area contributed by atoms with Crippen molar-refractivity contribution in [2.24, 2.45) is 0 Å². The molecule has 0 bridgehead atoms. The van der Waals surface area contributed by atoms with Crippen molar-refractivity contribution >= 4 is 0 Å². The topological polar surface area (TPSA) is 51.0 Å². The number of hydrogen-bond acceptors (Lipinski definition) is 4. The van der Waals surface area contributed by atoms with Crippen LogP contribution in [0.3, 0.4) is 0 Å². The van der Waals surface area contributed by atoms with Crippen LogP contribution in [0.5, 0.6) is 0 Å². The van der Waals surface area contributed by atoms with Crippen molar-refractivity contribution in [3.63, 3.8) is 0 Å². The summed E-state index contributed by atoms with van der Waals surface area (Å²) in [7, 11) is 1.97. The summed E-state index contributed by atoms with van der Waals surface area (Å²) in [6.45, 7) is 2.15. The van der Waals surface area contributed by atoms with E-state index in [0.29, 0.717) is 12.0 Å². The number of rotatable bonds is 5. The molecule has 0 radical (unpaired) electrons. The number of hydrogen-bond donors (Lipinski definition) is 1. The molecule has 4 nitrogen and oxygen atoms in total. The lowest BCUT2D eigenvalue weighted by molar-refractivity contribution is 0.361. The van der Waals surface area contributed by atoms with Gasteiger partial charge in [0.1, 0.15) is 0 Å². The molecular formula is C15H19N3O. The number of nitrogens with zero attached hydrogens (tertiary/aromatic N) is 2. The lowest BCUT2D eigenvalue weighted by Gasteiger charge is -2.27. The van der Waals surface area contributed by atoms with Crippen LogP contribution in [0.2, 0.25) is 0 Å². The van der Waals surface area contributed by atoms with Crippen molar-refractivity contribution in [2.45, 2.75) is 38.1 Å². The van der Waals surface area contributed by atoms with Crippen LogP contribution in [-0.4, -0.2) is 23.2 Å². The Bertz CT molecular complexity index is 564. The molecule has 0 aliphatic heterocycles. The molecule has 2 unspecified atom stereocenters. The summed E-state index contributed by atoms with van der Waals surface area (Å²) in [5.74, 6) is 1.92. The van der Waals surface area contributed by atoms with E-state index >= 15 is 0 Å². The summed E-state index contributed by atoms with van der Waals surface area (Å²) in [6.07, 6.45) is 2.88. The molecule has 1 aliphatic rings. The molecule has 1 aliphatic carbocycles. The highest BCUT2D eigenvalue weighted by atomic mass is 16.5. The normalized spacial score (nSPS) is 18.7. The Balaban J connectivity index is 1.67. The lowest BCUT2D eigenvalue weighted by Crippen LogP contribution is -2.21. The van der Waals surface area contributed by atoms with E-state index in [2.05, 4.69) is 46.6 Å². The first kappa shape index (κ1) is 12.4. The Kier molecular flexibility index (Phi) is 3.34. The van der Waals surface area contributed by atoms with Crippen molar-refractivity contribution in [1.82, 2.24) is 15.5 Å². The zero-order valence-electron chi connectivity index (χ0n) is 11.4. The van der Waals surface area contributed by atoms with Crippen LogP contribution in [0.25, 0.3) is 0 Å². The Morgan fingerprint density at radius 1 is 1.42 bits per heavy atom. The monoisotopic (exact) mass is 257 g/mol. The van der Waals surface area contributed by atoms with Gasteiger partial charge in [0.25, 0.3) is 0 Å². The van der Waals surface area contributed by atoms with Crippen molar-refractivity contribution in [1.29, 1.82) is 0 Å². The fraction of sp³-hybridized carbons (Fsp3) is 0.467. The minimum absolute atomic E-state index is 0.329. The molecule has 2 aromatic rings. The van der Waals surface area contributed by atoms with E-state index in [0.717, 1.165) is 31.0 Å². The van der Waals surface area contributed by atoms with Crippen molar-refractivity contribution in [3.05, 3.63) is 47.1 Å². The quantitative estimate of drug-likeness (QED) is 0.893. The first-order chi connectivity index (χ1) is 9.28. The Labute approximate surface area is 113 Å². The van der Waals surface area contributed by atoms with Crippen LogP contribution in [0.1, 0.15) is 42.1 Å². The summed E-state index contributed by atoms with van der Waals surface area (Å²) in [5, 5.41) is 7.34. The van der Waals surface area contributed by atoms with Gasteiger partial charge >= 0.3 is 0 Å². The SMILES string of the molecule is CNC(C)CCc1nc(C2Cc3ccccc32)no1. The van der Waals surface area contributed by atoms with E-state index in [1.54, 1.807) is 0 Å². The molecule has 0 amide bonds. The molecule has 0 saturated heterocycles. The van der Waals surface area contributed by atoms with Gasteiger partial charge in [0.15, 0.2) is 5.82 Å². The Hall–Kier alpha value is -1.68. The second-order valence-corrected chi connectivity index (χ2v) is 5.23. The van der Waals surface area contributed by atoms with Crippen LogP contribution in [0.4, 0.5) is 0 Å². The van der Waals surface area contributed by atoms with Gasteiger partial charge in [-0.1, -0.05) is 29.4 Å². The highest BCUT2D eigenvalue weighted by Gasteiger charge is 2.30. The van der Waals surface area contributed by atoms with E-state index in [1.807, 2.05) is 7.05 Å². The first-order valence-corrected chi connectivity index (χ1v) is 6.85. The van der Waals surface area contributed by atoms with E-state index in [-0.39, 0.29) is 0 Å². The average molecular weight is 257 g/mol. The van der Waals surface area contributed by atoms with E-state index < -0.39 is 0 Å². The van der Waals surface area contributed by atoms with Gasteiger partial charge in [-0.2, -0.15) is 4.98 Å². The highest BCUT2D eigenvalue weighted by molar-refractivity contribution is 5.43. The van der Waals surface area contributed by atoms with Crippen LogP contribution in [0, 0.1) is 0 Å². The standard InChI is InChI=1S/C15H19N3O/c1-10(16-2)7-8-14-17-15(18-19-14)13-9-11-5-3-4-6-12(11)13/h3-6,10,13,16H,7-9H2,1-2H3. The van der Waals surface area contributed by atoms with Gasteiger partial charge in [-0.05, 0) is 37.9 Å². The Morgan fingerprint density at radius 3 is 3.05 bits per heavy atom. The van der Waals surface area contributed by atoms with Crippen LogP contribution >= 0.6 is 0 Å². The largest absolute Gasteiger partial charge is 0.339 e. The Morgan fingerprint density at radius 2 is 2.26 bits per heavy atom. The van der Waals surface area contributed by atoms with Crippen LogP contribution < -0.4 is 5.32 Å². The van der Waals surface area contributed by atoms with Gasteiger partial charge in [0.2, 0.25) is 5.89 Å². The molecule has 1 heterocycles. The summed E-state index contributed by atoms with van der Waals surface area (Å²) in [4.78, 5) is 4.53. The fourth-order valence-electron chi connectivity index (χ4n) is 2.48. The van der Waals surface area contributed by atoms with E-state index in [9.17, 15) is 0 Å². The van der Waals surface area contributed by atoms with Gasteiger partial charge in [0, 0.05) is 12.5 Å². The first-order valence-electron chi connectivity index (χ1n) is 6.85.